The van der Waals surface area contributed by atoms with E-state index in [9.17, 15) is 8.42 Å². The van der Waals surface area contributed by atoms with Crippen molar-refractivity contribution in [2.24, 2.45) is 0 Å². The number of nitrogen functional groups attached to an aromatic ring is 1. The molecule has 0 saturated carbocycles. The number of anilines is 1. The fraction of sp³-hybridized carbons (Fsp3) is 0.222. The monoisotopic (exact) mass is 253 g/mol. The molecule has 0 saturated heterocycles. The third kappa shape index (κ3) is 2.11. The van der Waals surface area contributed by atoms with E-state index in [0.29, 0.717) is 5.82 Å². The number of nitrogens with two attached hydrogens (primary N) is 1. The first kappa shape index (κ1) is 11.5. The van der Waals surface area contributed by atoms with Crippen LogP contribution in [0.25, 0.3) is 5.82 Å². The predicted octanol–water partition coefficient (Wildman–Crippen LogP) is 0.0381. The molecule has 2 N–H and O–H groups in total. The van der Waals surface area contributed by atoms with Gasteiger partial charge in [0.15, 0.2) is 15.7 Å². The Balaban J connectivity index is 2.50. The van der Waals surface area contributed by atoms with Crippen molar-refractivity contribution < 1.29 is 8.42 Å². The van der Waals surface area contributed by atoms with E-state index >= 15 is 0 Å². The van der Waals surface area contributed by atoms with E-state index in [1.165, 1.54) is 29.5 Å². The molecule has 0 radical (unpaired) electrons. The van der Waals surface area contributed by atoms with Crippen molar-refractivity contribution in [1.82, 2.24) is 19.7 Å². The smallest absolute Gasteiger partial charge is 0.181 e. The van der Waals surface area contributed by atoms with Crippen LogP contribution in [0.1, 0.15) is 6.92 Å². The van der Waals surface area contributed by atoms with Crippen LogP contribution in [0.4, 0.5) is 5.82 Å². The summed E-state index contributed by atoms with van der Waals surface area (Å²) in [4.78, 5) is 7.80. The molecule has 0 unspecified atom stereocenters. The second-order valence-corrected chi connectivity index (χ2v) is 5.54. The Morgan fingerprint density at radius 1 is 1.41 bits per heavy atom. The van der Waals surface area contributed by atoms with E-state index < -0.39 is 9.84 Å². The molecular formula is C9H11N5O2S. The van der Waals surface area contributed by atoms with E-state index in [1.807, 2.05) is 0 Å². The lowest BCUT2D eigenvalue weighted by Crippen LogP contribution is -2.10. The molecule has 0 aliphatic rings. The van der Waals surface area contributed by atoms with E-state index in [2.05, 4.69) is 15.1 Å². The molecule has 2 aromatic rings. The number of sulfone groups is 1. The highest BCUT2D eigenvalue weighted by Gasteiger charge is 2.16. The van der Waals surface area contributed by atoms with Gasteiger partial charge in [-0.3, -0.25) is 0 Å². The lowest BCUT2D eigenvalue weighted by atomic mass is 10.4. The standard InChI is InChI=1S/C9H11N5O2S/c1-2-17(15,16)7-3-4-8(13-9(7)10)14-6-11-5-12-14/h3-6H,2H2,1H3,(H2,10,13). The number of aromatic nitrogens is 4. The van der Waals surface area contributed by atoms with Crippen LogP contribution in [0.5, 0.6) is 0 Å². The van der Waals surface area contributed by atoms with Gasteiger partial charge in [-0.25, -0.2) is 23.1 Å². The van der Waals surface area contributed by atoms with Gasteiger partial charge >= 0.3 is 0 Å². The highest BCUT2D eigenvalue weighted by molar-refractivity contribution is 7.91. The van der Waals surface area contributed by atoms with Crippen LogP contribution < -0.4 is 5.73 Å². The molecule has 0 aromatic carbocycles. The van der Waals surface area contributed by atoms with Crippen LogP contribution in [0.15, 0.2) is 29.7 Å². The fourth-order valence-corrected chi connectivity index (χ4v) is 2.27. The van der Waals surface area contributed by atoms with Crippen molar-refractivity contribution in [2.75, 3.05) is 11.5 Å². The molecule has 17 heavy (non-hydrogen) atoms. The maximum Gasteiger partial charge on any atom is 0.181 e. The number of nitrogens with zero attached hydrogens (tertiary/aromatic N) is 4. The van der Waals surface area contributed by atoms with Crippen LogP contribution >= 0.6 is 0 Å². The minimum absolute atomic E-state index is 0.0123. The zero-order chi connectivity index (χ0) is 12.5. The summed E-state index contributed by atoms with van der Waals surface area (Å²) < 4.78 is 24.7. The number of hydrogen-bond donors (Lipinski definition) is 1. The maximum atomic E-state index is 11.7. The average Bonchev–Trinajstić information content (AvgIpc) is 2.82. The summed E-state index contributed by atoms with van der Waals surface area (Å²) in [5, 5.41) is 3.88. The Morgan fingerprint density at radius 3 is 2.71 bits per heavy atom. The molecule has 2 rings (SSSR count). The Kier molecular flexibility index (Phi) is 2.80. The van der Waals surface area contributed by atoms with Gasteiger partial charge in [-0.1, -0.05) is 6.92 Å². The van der Waals surface area contributed by atoms with Crippen molar-refractivity contribution in [3.8, 4) is 5.82 Å². The van der Waals surface area contributed by atoms with Gasteiger partial charge < -0.3 is 5.73 Å². The Labute approximate surface area is 98.2 Å². The third-order valence-electron chi connectivity index (χ3n) is 2.24. The molecule has 2 aromatic heterocycles. The second-order valence-electron chi connectivity index (χ2n) is 3.30. The van der Waals surface area contributed by atoms with Crippen LogP contribution in [0.3, 0.4) is 0 Å². The van der Waals surface area contributed by atoms with Crippen molar-refractivity contribution in [3.05, 3.63) is 24.8 Å². The van der Waals surface area contributed by atoms with Crippen LogP contribution in [0.2, 0.25) is 0 Å². The zero-order valence-corrected chi connectivity index (χ0v) is 9.92. The normalized spacial score (nSPS) is 11.6. The van der Waals surface area contributed by atoms with Gasteiger partial charge in [0.1, 0.15) is 23.4 Å². The summed E-state index contributed by atoms with van der Waals surface area (Å²) in [7, 11) is -3.35. The molecule has 0 fully saturated rings. The summed E-state index contributed by atoms with van der Waals surface area (Å²) in [6.45, 7) is 1.56. The van der Waals surface area contributed by atoms with E-state index in [-0.39, 0.29) is 16.5 Å². The quantitative estimate of drug-likeness (QED) is 0.828. The average molecular weight is 253 g/mol. The topological polar surface area (TPSA) is 104 Å². The van der Waals surface area contributed by atoms with Crippen molar-refractivity contribution in [1.29, 1.82) is 0 Å². The Hall–Kier alpha value is -1.96. The summed E-state index contributed by atoms with van der Waals surface area (Å²) in [5.74, 6) is 0.386. The molecule has 0 aliphatic heterocycles. The molecule has 0 atom stereocenters. The number of pyridine rings is 1. The SMILES string of the molecule is CCS(=O)(=O)c1ccc(-n2cncn2)nc1N. The summed E-state index contributed by atoms with van der Waals surface area (Å²) in [5.41, 5.74) is 5.64. The van der Waals surface area contributed by atoms with Crippen LogP contribution in [-0.2, 0) is 9.84 Å². The molecule has 90 valence electrons. The maximum absolute atomic E-state index is 11.7. The van der Waals surface area contributed by atoms with Crippen molar-refractivity contribution in [3.63, 3.8) is 0 Å². The molecule has 0 bridgehead atoms. The van der Waals surface area contributed by atoms with Crippen molar-refractivity contribution in [2.45, 2.75) is 11.8 Å². The molecule has 8 heteroatoms. The lowest BCUT2D eigenvalue weighted by molar-refractivity contribution is 0.597. The minimum atomic E-state index is -3.35. The first-order valence-electron chi connectivity index (χ1n) is 4.89. The van der Waals surface area contributed by atoms with Crippen LogP contribution in [0, 0.1) is 0 Å². The zero-order valence-electron chi connectivity index (χ0n) is 9.11. The summed E-state index contributed by atoms with van der Waals surface area (Å²) >= 11 is 0. The Morgan fingerprint density at radius 2 is 2.18 bits per heavy atom. The highest BCUT2D eigenvalue weighted by Crippen LogP contribution is 2.18. The predicted molar refractivity (Wildman–Crippen MR) is 61.3 cm³/mol. The first-order valence-corrected chi connectivity index (χ1v) is 6.54. The number of hydrogen-bond acceptors (Lipinski definition) is 6. The van der Waals surface area contributed by atoms with Gasteiger partial charge in [-0.15, -0.1) is 0 Å². The largest absolute Gasteiger partial charge is 0.383 e. The van der Waals surface area contributed by atoms with Gasteiger partial charge in [0.05, 0.1) is 5.75 Å². The molecular weight excluding hydrogens is 242 g/mol. The van der Waals surface area contributed by atoms with Gasteiger partial charge in [0, 0.05) is 0 Å². The van der Waals surface area contributed by atoms with E-state index in [0.717, 1.165) is 0 Å². The van der Waals surface area contributed by atoms with Gasteiger partial charge in [0.2, 0.25) is 0 Å². The second kappa shape index (κ2) is 4.13. The third-order valence-corrected chi connectivity index (χ3v) is 4.02. The van der Waals surface area contributed by atoms with Crippen molar-refractivity contribution >= 4 is 15.7 Å². The lowest BCUT2D eigenvalue weighted by Gasteiger charge is -2.06. The summed E-state index contributed by atoms with van der Waals surface area (Å²) in [6, 6.07) is 2.96. The van der Waals surface area contributed by atoms with E-state index in [4.69, 9.17) is 5.73 Å². The first-order chi connectivity index (χ1) is 8.04. The molecule has 2 heterocycles. The van der Waals surface area contributed by atoms with Gasteiger partial charge in [-0.2, -0.15) is 5.10 Å². The van der Waals surface area contributed by atoms with Gasteiger partial charge in [0.25, 0.3) is 0 Å². The summed E-state index contributed by atoms with van der Waals surface area (Å²) in [6.07, 6.45) is 2.81. The molecule has 0 aliphatic carbocycles. The number of rotatable bonds is 3. The Bertz CT molecular complexity index is 621. The minimum Gasteiger partial charge on any atom is -0.383 e. The molecule has 7 nitrogen and oxygen atoms in total. The van der Waals surface area contributed by atoms with Crippen LogP contribution in [-0.4, -0.2) is 33.9 Å². The molecule has 0 amide bonds. The molecule has 0 spiro atoms. The van der Waals surface area contributed by atoms with E-state index in [1.54, 1.807) is 6.92 Å². The fourth-order valence-electron chi connectivity index (χ4n) is 1.32. The highest BCUT2D eigenvalue weighted by atomic mass is 32.2. The van der Waals surface area contributed by atoms with Gasteiger partial charge in [-0.05, 0) is 12.1 Å².